The van der Waals surface area contributed by atoms with Crippen LogP contribution < -0.4 is 0 Å². The first kappa shape index (κ1) is 7.40. The van der Waals surface area contributed by atoms with Gasteiger partial charge in [-0.15, -0.1) is 0 Å². The Kier molecular flexibility index (Phi) is 3.15. The third-order valence-electron chi connectivity index (χ3n) is 0.655. The van der Waals surface area contributed by atoms with Crippen molar-refractivity contribution in [1.82, 2.24) is 0 Å². The first-order valence-electron chi connectivity index (χ1n) is 2.45. The number of rotatable bonds is 2. The van der Waals surface area contributed by atoms with Crippen LogP contribution in [0.25, 0.3) is 0 Å². The van der Waals surface area contributed by atoms with Crippen LogP contribution in [0.1, 0.15) is 13.8 Å². The molecule has 0 aromatic carbocycles. The molecule has 0 aliphatic rings. The summed E-state index contributed by atoms with van der Waals surface area (Å²) in [5.74, 6) is -0.637. The van der Waals surface area contributed by atoms with Crippen molar-refractivity contribution < 1.29 is 9.23 Å². The van der Waals surface area contributed by atoms with E-state index in [1.807, 2.05) is 0 Å². The van der Waals surface area contributed by atoms with Crippen LogP contribution >= 0.6 is 0 Å². The lowest BCUT2D eigenvalue weighted by atomic mass is 10.2. The second-order valence-electron chi connectivity index (χ2n) is 1.75. The summed E-state index contributed by atoms with van der Waals surface area (Å²) in [6, 6.07) is 0. The summed E-state index contributed by atoms with van der Waals surface area (Å²) in [5.41, 5.74) is 0. The van der Waals surface area contributed by atoms with E-state index in [0.717, 1.165) is 0 Å². The minimum atomic E-state index is -0.465. The van der Waals surface area contributed by atoms with Gasteiger partial charge in [0.1, 0.15) is 7.11 Å². The summed E-state index contributed by atoms with van der Waals surface area (Å²) in [4.78, 5) is 4.18. The largest absolute Gasteiger partial charge is 0.397 e. The Bertz CT molecular complexity index is 90.4. The molecule has 0 N–H and O–H groups in total. The van der Waals surface area contributed by atoms with Crippen molar-refractivity contribution in [2.24, 2.45) is 11.1 Å². The van der Waals surface area contributed by atoms with Gasteiger partial charge in [-0.3, -0.25) is 0 Å². The standard InChI is InChI=1S/C5H10FNO/c1-4(2)5(6)7-8-3/h4H,1-3H3/b7-5-. The highest BCUT2D eigenvalue weighted by molar-refractivity contribution is 5.75. The van der Waals surface area contributed by atoms with E-state index in [-0.39, 0.29) is 5.92 Å². The van der Waals surface area contributed by atoms with Gasteiger partial charge in [-0.2, -0.15) is 4.39 Å². The van der Waals surface area contributed by atoms with E-state index in [1.54, 1.807) is 13.8 Å². The SMILES string of the molecule is CO/N=C(\F)C(C)C. The number of hydrogen-bond acceptors (Lipinski definition) is 2. The van der Waals surface area contributed by atoms with Crippen molar-refractivity contribution in [2.75, 3.05) is 7.11 Å². The van der Waals surface area contributed by atoms with Crippen LogP contribution in [0.3, 0.4) is 0 Å². The highest BCUT2D eigenvalue weighted by Crippen LogP contribution is 1.97. The third-order valence-corrected chi connectivity index (χ3v) is 0.655. The molecule has 0 atom stereocenters. The molecule has 0 rings (SSSR count). The highest BCUT2D eigenvalue weighted by Gasteiger charge is 2.01. The average molecular weight is 119 g/mol. The Balaban J connectivity index is 3.61. The van der Waals surface area contributed by atoms with Crippen LogP contribution in [0.4, 0.5) is 4.39 Å². The van der Waals surface area contributed by atoms with Crippen molar-refractivity contribution >= 4 is 5.97 Å². The van der Waals surface area contributed by atoms with E-state index in [2.05, 4.69) is 9.99 Å². The summed E-state index contributed by atoms with van der Waals surface area (Å²) < 4.78 is 12.2. The van der Waals surface area contributed by atoms with Crippen molar-refractivity contribution in [2.45, 2.75) is 13.8 Å². The van der Waals surface area contributed by atoms with Gasteiger partial charge in [0.05, 0.1) is 0 Å². The number of oxime groups is 1. The Labute approximate surface area is 48.3 Å². The molecule has 0 unspecified atom stereocenters. The van der Waals surface area contributed by atoms with Crippen molar-refractivity contribution in [3.63, 3.8) is 0 Å². The maximum atomic E-state index is 12.2. The zero-order valence-electron chi connectivity index (χ0n) is 5.31. The molecule has 8 heavy (non-hydrogen) atoms. The third kappa shape index (κ3) is 2.55. The zero-order valence-corrected chi connectivity index (χ0v) is 5.31. The fourth-order valence-electron chi connectivity index (χ4n) is 0.193. The van der Waals surface area contributed by atoms with E-state index in [1.165, 1.54) is 7.11 Å². The van der Waals surface area contributed by atoms with Crippen LogP contribution in [0.15, 0.2) is 5.16 Å². The van der Waals surface area contributed by atoms with Gasteiger partial charge in [-0.1, -0.05) is 19.0 Å². The van der Waals surface area contributed by atoms with Gasteiger partial charge in [-0.05, 0) is 0 Å². The molecule has 0 aliphatic carbocycles. The Morgan fingerprint density at radius 3 is 2.25 bits per heavy atom. The summed E-state index contributed by atoms with van der Waals surface area (Å²) in [6.07, 6.45) is 0. The summed E-state index contributed by atoms with van der Waals surface area (Å²) in [5, 5.41) is 3.07. The van der Waals surface area contributed by atoms with Gasteiger partial charge in [0, 0.05) is 5.92 Å². The normalized spacial score (nSPS) is 12.4. The minimum Gasteiger partial charge on any atom is -0.397 e. The molecule has 0 bridgehead atoms. The van der Waals surface area contributed by atoms with Gasteiger partial charge in [-0.25, -0.2) is 0 Å². The monoisotopic (exact) mass is 119 g/mol. The van der Waals surface area contributed by atoms with Crippen molar-refractivity contribution in [1.29, 1.82) is 0 Å². The predicted octanol–water partition coefficient (Wildman–Crippen LogP) is 1.57. The lowest BCUT2D eigenvalue weighted by molar-refractivity contribution is 0.206. The molecule has 0 radical (unpaired) electrons. The number of halogens is 1. The lowest BCUT2D eigenvalue weighted by Gasteiger charge is -1.95. The molecule has 0 aliphatic heterocycles. The molecule has 0 amide bonds. The van der Waals surface area contributed by atoms with E-state index in [0.29, 0.717) is 0 Å². The molecule has 0 heterocycles. The molecule has 2 nitrogen and oxygen atoms in total. The molecule has 0 spiro atoms. The maximum absolute atomic E-state index is 12.2. The Morgan fingerprint density at radius 1 is 1.62 bits per heavy atom. The second-order valence-corrected chi connectivity index (χ2v) is 1.75. The van der Waals surface area contributed by atoms with E-state index in [4.69, 9.17) is 0 Å². The van der Waals surface area contributed by atoms with Crippen molar-refractivity contribution in [3.8, 4) is 0 Å². The Hall–Kier alpha value is -0.600. The van der Waals surface area contributed by atoms with Gasteiger partial charge >= 0.3 is 0 Å². The molecule has 3 heteroatoms. The zero-order chi connectivity index (χ0) is 6.57. The smallest absolute Gasteiger partial charge is 0.229 e. The Morgan fingerprint density at radius 2 is 2.12 bits per heavy atom. The fourth-order valence-corrected chi connectivity index (χ4v) is 0.193. The molecular weight excluding hydrogens is 109 g/mol. The van der Waals surface area contributed by atoms with Crippen LogP contribution in [-0.2, 0) is 4.84 Å². The van der Waals surface area contributed by atoms with E-state index in [9.17, 15) is 4.39 Å². The molecular formula is C5H10FNO. The predicted molar refractivity (Wildman–Crippen MR) is 30.4 cm³/mol. The van der Waals surface area contributed by atoms with Gasteiger partial charge in [0.2, 0.25) is 5.97 Å². The summed E-state index contributed by atoms with van der Waals surface area (Å²) in [6.45, 7) is 3.41. The highest BCUT2D eigenvalue weighted by atomic mass is 19.1. The summed E-state index contributed by atoms with van der Waals surface area (Å²) >= 11 is 0. The van der Waals surface area contributed by atoms with Crippen LogP contribution in [0.5, 0.6) is 0 Å². The first-order valence-corrected chi connectivity index (χ1v) is 2.45. The molecule has 48 valence electrons. The van der Waals surface area contributed by atoms with Gasteiger partial charge in [0.15, 0.2) is 0 Å². The first-order chi connectivity index (χ1) is 3.68. The maximum Gasteiger partial charge on any atom is 0.229 e. The quantitative estimate of drug-likeness (QED) is 0.399. The number of nitrogens with zero attached hydrogens (tertiary/aromatic N) is 1. The summed E-state index contributed by atoms with van der Waals surface area (Å²) in [7, 11) is 1.32. The second kappa shape index (κ2) is 3.41. The minimum absolute atomic E-state index is 0.171. The topological polar surface area (TPSA) is 21.6 Å². The van der Waals surface area contributed by atoms with E-state index >= 15 is 0 Å². The molecule has 0 saturated heterocycles. The number of hydrogen-bond donors (Lipinski definition) is 0. The van der Waals surface area contributed by atoms with Crippen molar-refractivity contribution in [3.05, 3.63) is 0 Å². The molecule has 0 aromatic heterocycles. The van der Waals surface area contributed by atoms with Crippen LogP contribution in [-0.4, -0.2) is 13.1 Å². The van der Waals surface area contributed by atoms with Crippen LogP contribution in [0.2, 0.25) is 0 Å². The van der Waals surface area contributed by atoms with E-state index < -0.39 is 5.97 Å². The van der Waals surface area contributed by atoms with Crippen LogP contribution in [0, 0.1) is 5.92 Å². The van der Waals surface area contributed by atoms with Gasteiger partial charge in [0.25, 0.3) is 0 Å². The molecule has 0 saturated carbocycles. The molecule has 0 aromatic rings. The molecule has 0 fully saturated rings. The van der Waals surface area contributed by atoms with Gasteiger partial charge < -0.3 is 4.84 Å². The average Bonchev–Trinajstić information content (AvgIpc) is 1.67. The fraction of sp³-hybridized carbons (Fsp3) is 0.800. The lowest BCUT2D eigenvalue weighted by Crippen LogP contribution is -1.99.